The highest BCUT2D eigenvalue weighted by atomic mass is 19.1. The zero-order chi connectivity index (χ0) is 21.5. The molecule has 1 atom stereocenters. The van der Waals surface area contributed by atoms with Crippen molar-refractivity contribution >= 4 is 17.7 Å². The van der Waals surface area contributed by atoms with Crippen LogP contribution in [0.2, 0.25) is 0 Å². The van der Waals surface area contributed by atoms with E-state index in [1.165, 1.54) is 0 Å². The second-order valence-electron chi connectivity index (χ2n) is 7.63. The summed E-state index contributed by atoms with van der Waals surface area (Å²) in [5.41, 5.74) is 3.28. The standard InChI is InChI=1S/C23H30FN5O/c1-16-9-10-19(14-21(16)24)17(2)27-22(25-3)26-15-18-7-6-8-20(13-18)28-23(30)29-11-4-5-12-29/h6-10,13-14,17H,4-5,11-12,15H2,1-3H3,(H,28,30)(H2,25,26,27). The molecule has 2 aromatic rings. The number of aryl methyl sites for hydroxylation is 1. The number of urea groups is 1. The van der Waals surface area contributed by atoms with Crippen molar-refractivity contribution < 1.29 is 9.18 Å². The van der Waals surface area contributed by atoms with Crippen LogP contribution in [-0.4, -0.2) is 37.0 Å². The number of rotatable bonds is 5. The fraction of sp³-hybridized carbons (Fsp3) is 0.391. The van der Waals surface area contributed by atoms with E-state index in [-0.39, 0.29) is 17.9 Å². The molecule has 1 aliphatic heterocycles. The third-order valence-electron chi connectivity index (χ3n) is 5.30. The predicted octanol–water partition coefficient (Wildman–Crippen LogP) is 4.19. The Balaban J connectivity index is 1.55. The lowest BCUT2D eigenvalue weighted by molar-refractivity contribution is 0.222. The molecule has 3 N–H and O–H groups in total. The van der Waals surface area contributed by atoms with Crippen LogP contribution >= 0.6 is 0 Å². The molecule has 1 heterocycles. The first kappa shape index (κ1) is 21.6. The minimum atomic E-state index is -0.211. The molecule has 3 rings (SSSR count). The molecule has 1 saturated heterocycles. The molecule has 1 aliphatic rings. The van der Waals surface area contributed by atoms with Gasteiger partial charge < -0.3 is 20.9 Å². The van der Waals surface area contributed by atoms with Crippen LogP contribution in [0.4, 0.5) is 14.9 Å². The maximum atomic E-state index is 13.8. The largest absolute Gasteiger partial charge is 0.352 e. The van der Waals surface area contributed by atoms with Crippen molar-refractivity contribution in [3.05, 3.63) is 65.0 Å². The van der Waals surface area contributed by atoms with Crippen molar-refractivity contribution in [3.8, 4) is 0 Å². The smallest absolute Gasteiger partial charge is 0.321 e. The molecule has 1 fully saturated rings. The Hall–Kier alpha value is -3.09. The zero-order valence-electron chi connectivity index (χ0n) is 17.8. The first-order chi connectivity index (χ1) is 14.5. The number of nitrogens with one attached hydrogen (secondary N) is 3. The lowest BCUT2D eigenvalue weighted by Gasteiger charge is -2.19. The average Bonchev–Trinajstić information content (AvgIpc) is 3.28. The Morgan fingerprint density at radius 1 is 1.20 bits per heavy atom. The Kier molecular flexibility index (Phi) is 7.27. The Morgan fingerprint density at radius 2 is 1.97 bits per heavy atom. The second kappa shape index (κ2) is 10.1. The second-order valence-corrected chi connectivity index (χ2v) is 7.63. The normalized spacial score (nSPS) is 15.1. The van der Waals surface area contributed by atoms with E-state index in [2.05, 4.69) is 20.9 Å². The highest BCUT2D eigenvalue weighted by molar-refractivity contribution is 5.89. The number of amides is 2. The van der Waals surface area contributed by atoms with E-state index in [9.17, 15) is 9.18 Å². The number of hydrogen-bond donors (Lipinski definition) is 3. The van der Waals surface area contributed by atoms with Gasteiger partial charge in [-0.1, -0.05) is 24.3 Å². The number of benzene rings is 2. The molecule has 1 unspecified atom stereocenters. The molecule has 2 aromatic carbocycles. The highest BCUT2D eigenvalue weighted by Crippen LogP contribution is 2.17. The molecule has 0 aromatic heterocycles. The minimum absolute atomic E-state index is 0.0470. The molecular weight excluding hydrogens is 381 g/mol. The van der Waals surface area contributed by atoms with Gasteiger partial charge in [-0.25, -0.2) is 9.18 Å². The van der Waals surface area contributed by atoms with Crippen LogP contribution in [0.1, 0.15) is 42.5 Å². The van der Waals surface area contributed by atoms with Gasteiger partial charge in [0.05, 0.1) is 6.04 Å². The van der Waals surface area contributed by atoms with E-state index < -0.39 is 0 Å². The fourth-order valence-electron chi connectivity index (χ4n) is 3.43. The summed E-state index contributed by atoms with van der Waals surface area (Å²) in [6.45, 7) is 5.89. The predicted molar refractivity (Wildman–Crippen MR) is 119 cm³/mol. The van der Waals surface area contributed by atoms with Crippen LogP contribution in [-0.2, 0) is 6.54 Å². The summed E-state index contributed by atoms with van der Waals surface area (Å²) in [7, 11) is 1.70. The summed E-state index contributed by atoms with van der Waals surface area (Å²) >= 11 is 0. The van der Waals surface area contributed by atoms with Crippen LogP contribution in [0.25, 0.3) is 0 Å². The number of carbonyl (C=O) groups is 1. The lowest BCUT2D eigenvalue weighted by atomic mass is 10.1. The van der Waals surface area contributed by atoms with Gasteiger partial charge in [0.15, 0.2) is 5.96 Å². The number of guanidine groups is 1. The van der Waals surface area contributed by atoms with Crippen molar-refractivity contribution in [2.45, 2.75) is 39.3 Å². The van der Waals surface area contributed by atoms with E-state index in [0.717, 1.165) is 42.7 Å². The third-order valence-corrected chi connectivity index (χ3v) is 5.30. The van der Waals surface area contributed by atoms with Crippen LogP contribution in [0.3, 0.4) is 0 Å². The number of nitrogens with zero attached hydrogens (tertiary/aromatic N) is 2. The Morgan fingerprint density at radius 3 is 2.67 bits per heavy atom. The Bertz CT molecular complexity index is 908. The lowest BCUT2D eigenvalue weighted by Crippen LogP contribution is -2.38. The molecule has 30 heavy (non-hydrogen) atoms. The van der Waals surface area contributed by atoms with Gasteiger partial charge in [0.2, 0.25) is 0 Å². The van der Waals surface area contributed by atoms with E-state index in [4.69, 9.17) is 0 Å². The van der Waals surface area contributed by atoms with Gasteiger partial charge in [0, 0.05) is 32.4 Å². The summed E-state index contributed by atoms with van der Waals surface area (Å²) in [6.07, 6.45) is 2.13. The van der Waals surface area contributed by atoms with Crippen LogP contribution in [0.15, 0.2) is 47.5 Å². The minimum Gasteiger partial charge on any atom is -0.352 e. The third kappa shape index (κ3) is 5.72. The monoisotopic (exact) mass is 411 g/mol. The summed E-state index contributed by atoms with van der Waals surface area (Å²) in [6, 6.07) is 12.8. The molecule has 7 heteroatoms. The van der Waals surface area contributed by atoms with Gasteiger partial charge in [-0.05, 0) is 61.6 Å². The molecule has 2 amide bonds. The van der Waals surface area contributed by atoms with Crippen molar-refractivity contribution in [1.82, 2.24) is 15.5 Å². The van der Waals surface area contributed by atoms with Gasteiger partial charge in [0.25, 0.3) is 0 Å². The van der Waals surface area contributed by atoms with Gasteiger partial charge in [-0.3, -0.25) is 4.99 Å². The first-order valence-electron chi connectivity index (χ1n) is 10.3. The molecule has 6 nitrogen and oxygen atoms in total. The molecule has 0 aliphatic carbocycles. The van der Waals surface area contributed by atoms with E-state index in [0.29, 0.717) is 18.1 Å². The van der Waals surface area contributed by atoms with Crippen LogP contribution in [0, 0.1) is 12.7 Å². The topological polar surface area (TPSA) is 68.8 Å². The van der Waals surface area contributed by atoms with Crippen LogP contribution < -0.4 is 16.0 Å². The highest BCUT2D eigenvalue weighted by Gasteiger charge is 2.17. The number of anilines is 1. The molecule has 0 saturated carbocycles. The first-order valence-corrected chi connectivity index (χ1v) is 10.3. The molecule has 0 radical (unpaired) electrons. The van der Waals surface area contributed by atoms with Gasteiger partial charge in [0.1, 0.15) is 5.82 Å². The van der Waals surface area contributed by atoms with Crippen molar-refractivity contribution in [2.24, 2.45) is 4.99 Å². The number of carbonyl (C=O) groups excluding carboxylic acids is 1. The summed E-state index contributed by atoms with van der Waals surface area (Å²) < 4.78 is 13.8. The number of likely N-dealkylation sites (tertiary alicyclic amines) is 1. The SMILES string of the molecule is CN=C(NCc1cccc(NC(=O)N2CCCC2)c1)NC(C)c1ccc(C)c(F)c1. The van der Waals surface area contributed by atoms with Gasteiger partial charge >= 0.3 is 6.03 Å². The van der Waals surface area contributed by atoms with E-state index in [1.807, 2.05) is 42.2 Å². The maximum absolute atomic E-state index is 13.8. The van der Waals surface area contributed by atoms with Crippen molar-refractivity contribution in [1.29, 1.82) is 0 Å². The number of halogens is 1. The summed E-state index contributed by atoms with van der Waals surface area (Å²) in [4.78, 5) is 18.4. The van der Waals surface area contributed by atoms with E-state index in [1.54, 1.807) is 26.1 Å². The average molecular weight is 412 g/mol. The molecule has 0 spiro atoms. The summed E-state index contributed by atoms with van der Waals surface area (Å²) in [5.74, 6) is 0.409. The van der Waals surface area contributed by atoms with E-state index >= 15 is 0 Å². The van der Waals surface area contributed by atoms with Gasteiger partial charge in [-0.2, -0.15) is 0 Å². The molecule has 160 valence electrons. The van der Waals surface area contributed by atoms with Crippen LogP contribution in [0.5, 0.6) is 0 Å². The molecule has 0 bridgehead atoms. The fourth-order valence-corrected chi connectivity index (χ4v) is 3.43. The van der Waals surface area contributed by atoms with Crippen molar-refractivity contribution in [3.63, 3.8) is 0 Å². The van der Waals surface area contributed by atoms with Gasteiger partial charge in [-0.15, -0.1) is 0 Å². The number of hydrogen-bond acceptors (Lipinski definition) is 2. The Labute approximate surface area is 177 Å². The quantitative estimate of drug-likeness (QED) is 0.511. The zero-order valence-corrected chi connectivity index (χ0v) is 17.8. The molecular formula is C23H30FN5O. The van der Waals surface area contributed by atoms with Crippen molar-refractivity contribution in [2.75, 3.05) is 25.5 Å². The number of aliphatic imine (C=N–C) groups is 1. The summed E-state index contributed by atoms with van der Waals surface area (Å²) in [5, 5.41) is 9.52. The maximum Gasteiger partial charge on any atom is 0.321 e.